The van der Waals surface area contributed by atoms with Gasteiger partial charge in [-0.25, -0.2) is 0 Å². The van der Waals surface area contributed by atoms with E-state index in [1.807, 2.05) is 19.9 Å². The molecule has 0 heterocycles. The van der Waals surface area contributed by atoms with Crippen molar-refractivity contribution in [3.63, 3.8) is 0 Å². The first-order valence-corrected chi connectivity index (χ1v) is 10.7. The predicted molar refractivity (Wildman–Crippen MR) is 112 cm³/mol. The zero-order valence-electron chi connectivity index (χ0n) is 17.9. The zero-order chi connectivity index (χ0) is 20.6. The van der Waals surface area contributed by atoms with Gasteiger partial charge >= 0.3 is 0 Å². The number of rotatable bonds is 6. The number of Topliss-reactive ketones (excluding diaryl/α,β-unsaturated/α-hetero) is 3. The number of fused-ring (bicyclic) bond motifs is 2. The van der Waals surface area contributed by atoms with Gasteiger partial charge < -0.3 is 0 Å². The van der Waals surface area contributed by atoms with E-state index in [1.54, 1.807) is 0 Å². The van der Waals surface area contributed by atoms with Gasteiger partial charge in [-0.2, -0.15) is 0 Å². The van der Waals surface area contributed by atoms with Gasteiger partial charge in [0.05, 0.1) is 6.42 Å². The van der Waals surface area contributed by atoms with Crippen LogP contribution < -0.4 is 0 Å². The highest BCUT2D eigenvalue weighted by Crippen LogP contribution is 2.47. The Morgan fingerprint density at radius 2 is 1.86 bits per heavy atom. The standard InChI is InChI=1S/C25H32O3/c1-6-8-18-12-19-13-20-17(7-2)10-9-14(3)22(20)25(28)24(19)16(5)23(18)21(27)11-15(4)26/h9-10,18-19,23H,6-8,11-13H2,1-5H3. The molecule has 0 fully saturated rings. The molecule has 150 valence electrons. The fraction of sp³-hybridized carbons (Fsp3) is 0.560. The van der Waals surface area contributed by atoms with Crippen molar-refractivity contribution in [2.75, 3.05) is 0 Å². The summed E-state index contributed by atoms with van der Waals surface area (Å²) < 4.78 is 0. The molecule has 3 nitrogen and oxygen atoms in total. The highest BCUT2D eigenvalue weighted by Gasteiger charge is 2.43. The quantitative estimate of drug-likeness (QED) is 0.636. The Morgan fingerprint density at radius 3 is 2.46 bits per heavy atom. The van der Waals surface area contributed by atoms with E-state index in [-0.39, 0.29) is 41.5 Å². The third-order valence-corrected chi connectivity index (χ3v) is 6.71. The summed E-state index contributed by atoms with van der Waals surface area (Å²) in [4.78, 5) is 38.1. The average Bonchev–Trinajstić information content (AvgIpc) is 2.61. The third-order valence-electron chi connectivity index (χ3n) is 6.71. The average molecular weight is 381 g/mol. The van der Waals surface area contributed by atoms with Gasteiger partial charge in [-0.15, -0.1) is 0 Å². The summed E-state index contributed by atoms with van der Waals surface area (Å²) in [6.45, 7) is 9.73. The molecule has 0 N–H and O–H groups in total. The van der Waals surface area contributed by atoms with Gasteiger partial charge in [0.15, 0.2) is 5.78 Å². The lowest BCUT2D eigenvalue weighted by Gasteiger charge is -2.41. The molecular formula is C25H32O3. The number of ketones is 3. The molecule has 0 saturated carbocycles. The molecule has 1 aromatic carbocycles. The van der Waals surface area contributed by atoms with Gasteiger partial charge in [0.1, 0.15) is 11.6 Å². The highest BCUT2D eigenvalue weighted by atomic mass is 16.1. The Labute approximate surface area is 168 Å². The van der Waals surface area contributed by atoms with Crippen LogP contribution in [-0.4, -0.2) is 17.3 Å². The SMILES string of the molecule is CCCC1CC2Cc3c(CC)ccc(C)c3C(=O)C2=C(C)C1C(=O)CC(C)=O. The predicted octanol–water partition coefficient (Wildman–Crippen LogP) is 5.21. The molecule has 0 saturated heterocycles. The molecule has 3 rings (SSSR count). The Bertz CT molecular complexity index is 859. The molecule has 0 aliphatic heterocycles. The van der Waals surface area contributed by atoms with Crippen molar-refractivity contribution in [1.29, 1.82) is 0 Å². The molecule has 3 heteroatoms. The fourth-order valence-corrected chi connectivity index (χ4v) is 5.60. The van der Waals surface area contributed by atoms with Gasteiger partial charge in [0.2, 0.25) is 0 Å². The topological polar surface area (TPSA) is 51.2 Å². The summed E-state index contributed by atoms with van der Waals surface area (Å²) >= 11 is 0. The van der Waals surface area contributed by atoms with Crippen molar-refractivity contribution in [2.45, 2.75) is 73.1 Å². The molecule has 0 radical (unpaired) electrons. The van der Waals surface area contributed by atoms with E-state index in [0.717, 1.165) is 54.4 Å². The number of hydrogen-bond acceptors (Lipinski definition) is 3. The maximum absolute atomic E-state index is 13.6. The first-order chi connectivity index (χ1) is 13.3. The van der Waals surface area contributed by atoms with Crippen LogP contribution in [-0.2, 0) is 22.4 Å². The van der Waals surface area contributed by atoms with Crippen molar-refractivity contribution in [1.82, 2.24) is 0 Å². The van der Waals surface area contributed by atoms with E-state index < -0.39 is 0 Å². The van der Waals surface area contributed by atoms with Crippen LogP contribution in [0.3, 0.4) is 0 Å². The third kappa shape index (κ3) is 3.52. The molecule has 0 amide bonds. The number of carbonyl (C=O) groups is 3. The Kier molecular flexibility index (Phi) is 6.02. The van der Waals surface area contributed by atoms with Crippen molar-refractivity contribution in [2.24, 2.45) is 17.8 Å². The maximum atomic E-state index is 13.6. The molecular weight excluding hydrogens is 348 g/mol. The Balaban J connectivity index is 2.12. The minimum absolute atomic E-state index is 0.00738. The van der Waals surface area contributed by atoms with E-state index in [1.165, 1.54) is 18.1 Å². The number of hydrogen-bond donors (Lipinski definition) is 0. The molecule has 1 aromatic rings. The largest absolute Gasteiger partial charge is 0.300 e. The zero-order valence-corrected chi connectivity index (χ0v) is 17.9. The first kappa shape index (κ1) is 20.7. The number of carbonyl (C=O) groups excluding carboxylic acids is 3. The molecule has 2 aliphatic carbocycles. The van der Waals surface area contributed by atoms with Crippen LogP contribution in [0.15, 0.2) is 23.3 Å². The minimum atomic E-state index is -0.282. The van der Waals surface area contributed by atoms with Crippen LogP contribution in [0.5, 0.6) is 0 Å². The Hall–Kier alpha value is -2.03. The second-order valence-electron chi connectivity index (χ2n) is 8.68. The lowest BCUT2D eigenvalue weighted by atomic mass is 9.62. The van der Waals surface area contributed by atoms with Gasteiger partial charge in [-0.3, -0.25) is 14.4 Å². The number of benzene rings is 1. The lowest BCUT2D eigenvalue weighted by Crippen LogP contribution is -2.38. The molecule has 3 atom stereocenters. The summed E-state index contributed by atoms with van der Waals surface area (Å²) in [5, 5.41) is 0. The van der Waals surface area contributed by atoms with Gasteiger partial charge in [0.25, 0.3) is 0 Å². The smallest absolute Gasteiger partial charge is 0.189 e. The van der Waals surface area contributed by atoms with E-state index in [9.17, 15) is 14.4 Å². The second kappa shape index (κ2) is 8.14. The number of aryl methyl sites for hydroxylation is 2. The molecule has 28 heavy (non-hydrogen) atoms. The van der Waals surface area contributed by atoms with Crippen LogP contribution in [0.2, 0.25) is 0 Å². The van der Waals surface area contributed by atoms with Crippen LogP contribution in [0.4, 0.5) is 0 Å². The summed E-state index contributed by atoms with van der Waals surface area (Å²) in [6.07, 6.45) is 4.64. The molecule has 0 aromatic heterocycles. The second-order valence-corrected chi connectivity index (χ2v) is 8.68. The molecule has 0 bridgehead atoms. The van der Waals surface area contributed by atoms with E-state index in [2.05, 4.69) is 19.9 Å². The van der Waals surface area contributed by atoms with Crippen LogP contribution >= 0.6 is 0 Å². The summed E-state index contributed by atoms with van der Waals surface area (Å²) in [6, 6.07) is 4.21. The molecule has 0 spiro atoms. The van der Waals surface area contributed by atoms with Crippen LogP contribution in [0.25, 0.3) is 0 Å². The monoisotopic (exact) mass is 380 g/mol. The minimum Gasteiger partial charge on any atom is -0.300 e. The Morgan fingerprint density at radius 1 is 1.14 bits per heavy atom. The highest BCUT2D eigenvalue weighted by molar-refractivity contribution is 6.13. The lowest BCUT2D eigenvalue weighted by molar-refractivity contribution is -0.129. The van der Waals surface area contributed by atoms with E-state index >= 15 is 0 Å². The summed E-state index contributed by atoms with van der Waals surface area (Å²) in [7, 11) is 0. The van der Waals surface area contributed by atoms with Gasteiger partial charge in [-0.1, -0.05) is 38.0 Å². The first-order valence-electron chi connectivity index (χ1n) is 10.7. The summed E-state index contributed by atoms with van der Waals surface area (Å²) in [5.74, 6) is 0.165. The van der Waals surface area contributed by atoms with Crippen molar-refractivity contribution >= 4 is 17.3 Å². The van der Waals surface area contributed by atoms with Crippen molar-refractivity contribution in [3.8, 4) is 0 Å². The normalized spacial score (nSPS) is 24.0. The molecule has 3 unspecified atom stereocenters. The van der Waals surface area contributed by atoms with E-state index in [0.29, 0.717) is 0 Å². The maximum Gasteiger partial charge on any atom is 0.189 e. The van der Waals surface area contributed by atoms with Crippen molar-refractivity contribution < 1.29 is 14.4 Å². The van der Waals surface area contributed by atoms with Crippen LogP contribution in [0, 0.1) is 24.7 Å². The molecule has 2 aliphatic rings. The van der Waals surface area contributed by atoms with Crippen molar-refractivity contribution in [3.05, 3.63) is 45.5 Å². The van der Waals surface area contributed by atoms with Gasteiger partial charge in [0, 0.05) is 17.1 Å². The summed E-state index contributed by atoms with van der Waals surface area (Å²) in [5.41, 5.74) is 6.16. The fourth-order valence-electron chi connectivity index (χ4n) is 5.60. The van der Waals surface area contributed by atoms with E-state index in [4.69, 9.17) is 0 Å². The number of allylic oxidation sites excluding steroid dienone is 2. The van der Waals surface area contributed by atoms with Crippen LogP contribution in [0.1, 0.15) is 80.4 Å². The van der Waals surface area contributed by atoms with Gasteiger partial charge in [-0.05, 0) is 75.0 Å².